The largest absolute Gasteiger partial charge is 0.329 e. The summed E-state index contributed by atoms with van der Waals surface area (Å²) in [5.41, 5.74) is 6.22. The highest BCUT2D eigenvalue weighted by Crippen LogP contribution is 2.20. The Kier molecular flexibility index (Phi) is 7.90. The molecule has 1 atom stereocenters. The Bertz CT molecular complexity index is 379. The van der Waals surface area contributed by atoms with Gasteiger partial charge in [0, 0.05) is 22.7 Å². The van der Waals surface area contributed by atoms with Crippen LogP contribution in [0.1, 0.15) is 26.3 Å². The Morgan fingerprint density at radius 1 is 1.42 bits per heavy atom. The summed E-state index contributed by atoms with van der Waals surface area (Å²) in [7, 11) is 0. The molecule has 0 aliphatic carbocycles. The molecule has 0 fully saturated rings. The summed E-state index contributed by atoms with van der Waals surface area (Å²) >= 11 is 5.98. The van der Waals surface area contributed by atoms with E-state index in [1.54, 1.807) is 12.1 Å². The van der Waals surface area contributed by atoms with Crippen LogP contribution in [-0.2, 0) is 6.42 Å². The van der Waals surface area contributed by atoms with Crippen LogP contribution in [0.5, 0.6) is 0 Å². The zero-order valence-corrected chi connectivity index (χ0v) is 13.2. The predicted molar refractivity (Wildman–Crippen MR) is 82.7 cm³/mol. The van der Waals surface area contributed by atoms with Gasteiger partial charge in [0.15, 0.2) is 0 Å². The number of rotatable bonds is 6. The van der Waals surface area contributed by atoms with Gasteiger partial charge in [0.25, 0.3) is 0 Å². The van der Waals surface area contributed by atoms with Gasteiger partial charge < -0.3 is 11.1 Å². The quantitative estimate of drug-likeness (QED) is 0.845. The van der Waals surface area contributed by atoms with Crippen molar-refractivity contribution in [2.45, 2.75) is 32.7 Å². The molecule has 0 saturated carbocycles. The summed E-state index contributed by atoms with van der Waals surface area (Å²) in [6, 6.07) is 4.77. The van der Waals surface area contributed by atoms with E-state index in [1.807, 2.05) is 0 Å². The molecule has 0 saturated heterocycles. The topological polar surface area (TPSA) is 38.0 Å². The van der Waals surface area contributed by atoms with Gasteiger partial charge in [-0.25, -0.2) is 4.39 Å². The third kappa shape index (κ3) is 4.92. The average Bonchev–Trinajstić information content (AvgIpc) is 2.32. The average molecular weight is 309 g/mol. The Morgan fingerprint density at radius 3 is 2.53 bits per heavy atom. The lowest BCUT2D eigenvalue weighted by Gasteiger charge is -2.34. The van der Waals surface area contributed by atoms with Crippen molar-refractivity contribution in [3.8, 4) is 0 Å². The van der Waals surface area contributed by atoms with Crippen LogP contribution < -0.4 is 11.1 Å². The highest BCUT2D eigenvalue weighted by atomic mass is 35.5. The first-order valence-electron chi connectivity index (χ1n) is 6.28. The second-order valence-corrected chi connectivity index (χ2v) is 5.56. The van der Waals surface area contributed by atoms with Crippen LogP contribution >= 0.6 is 24.0 Å². The summed E-state index contributed by atoms with van der Waals surface area (Å²) in [6.07, 6.45) is 0.563. The Morgan fingerprint density at radius 2 is 2.05 bits per heavy atom. The van der Waals surface area contributed by atoms with Crippen LogP contribution in [-0.4, -0.2) is 18.6 Å². The molecular formula is C14H23Cl2FN2. The number of hydrogen-bond donors (Lipinski definition) is 2. The number of nitrogens with two attached hydrogens (primary N) is 1. The van der Waals surface area contributed by atoms with Crippen molar-refractivity contribution in [3.63, 3.8) is 0 Å². The Labute approximate surface area is 126 Å². The number of nitrogens with one attached hydrogen (secondary N) is 1. The third-order valence-electron chi connectivity index (χ3n) is 3.66. The van der Waals surface area contributed by atoms with Gasteiger partial charge in [0.05, 0.1) is 0 Å². The molecule has 0 aromatic heterocycles. The van der Waals surface area contributed by atoms with Crippen molar-refractivity contribution in [1.82, 2.24) is 5.32 Å². The molecule has 0 bridgehead atoms. The Hall–Kier alpha value is -0.350. The molecule has 1 aromatic rings. The number of halogens is 3. The predicted octanol–water partition coefficient (Wildman–Crippen LogP) is 3.41. The van der Waals surface area contributed by atoms with Crippen molar-refractivity contribution in [3.05, 3.63) is 34.6 Å². The van der Waals surface area contributed by atoms with Crippen LogP contribution in [0.3, 0.4) is 0 Å². The van der Waals surface area contributed by atoms with Crippen molar-refractivity contribution < 1.29 is 4.39 Å². The van der Waals surface area contributed by atoms with E-state index in [2.05, 4.69) is 26.1 Å². The van der Waals surface area contributed by atoms with Crippen molar-refractivity contribution in [1.29, 1.82) is 0 Å². The first kappa shape index (κ1) is 18.7. The normalized spacial score (nSPS) is 14.1. The van der Waals surface area contributed by atoms with Gasteiger partial charge >= 0.3 is 0 Å². The molecule has 19 heavy (non-hydrogen) atoms. The van der Waals surface area contributed by atoms with Crippen LogP contribution in [0.4, 0.5) is 4.39 Å². The first-order valence-corrected chi connectivity index (χ1v) is 6.66. The third-order valence-corrected chi connectivity index (χ3v) is 4.02. The SMILES string of the molecule is CC(C)C(C)(CN)NCCc1c(F)cccc1Cl.Cl. The van der Waals surface area contributed by atoms with E-state index in [1.165, 1.54) is 6.07 Å². The zero-order chi connectivity index (χ0) is 13.8. The minimum atomic E-state index is -0.247. The standard InChI is InChI=1S/C14H22ClFN2.ClH/c1-10(2)14(3,9-17)18-8-7-11-12(15)5-4-6-13(11)16;/h4-6,10,18H,7-9,17H2,1-3H3;1H. The molecule has 0 radical (unpaired) electrons. The fourth-order valence-electron chi connectivity index (χ4n) is 1.76. The summed E-state index contributed by atoms with van der Waals surface area (Å²) in [5, 5.41) is 3.88. The molecule has 110 valence electrons. The summed E-state index contributed by atoms with van der Waals surface area (Å²) in [6.45, 7) is 7.54. The second kappa shape index (κ2) is 8.05. The summed E-state index contributed by atoms with van der Waals surface area (Å²) < 4.78 is 13.6. The van der Waals surface area contributed by atoms with Gasteiger partial charge in [0.2, 0.25) is 0 Å². The molecule has 1 unspecified atom stereocenters. The van der Waals surface area contributed by atoms with Gasteiger partial charge in [0.1, 0.15) is 5.82 Å². The second-order valence-electron chi connectivity index (χ2n) is 5.15. The first-order chi connectivity index (χ1) is 8.40. The van der Waals surface area contributed by atoms with Crippen LogP contribution in [0.15, 0.2) is 18.2 Å². The molecule has 0 aliphatic heterocycles. The monoisotopic (exact) mass is 308 g/mol. The summed E-state index contributed by atoms with van der Waals surface area (Å²) in [5.74, 6) is 0.168. The highest BCUT2D eigenvalue weighted by molar-refractivity contribution is 6.31. The van der Waals surface area contributed by atoms with Crippen molar-refractivity contribution in [2.24, 2.45) is 11.7 Å². The fraction of sp³-hybridized carbons (Fsp3) is 0.571. The van der Waals surface area contributed by atoms with E-state index in [0.717, 1.165) is 0 Å². The molecule has 0 heterocycles. The van der Waals surface area contributed by atoms with E-state index in [-0.39, 0.29) is 23.8 Å². The van der Waals surface area contributed by atoms with Gasteiger partial charge in [-0.1, -0.05) is 31.5 Å². The maximum atomic E-state index is 13.6. The molecule has 5 heteroatoms. The molecule has 0 spiro atoms. The highest BCUT2D eigenvalue weighted by Gasteiger charge is 2.25. The minimum Gasteiger partial charge on any atom is -0.329 e. The zero-order valence-electron chi connectivity index (χ0n) is 11.7. The number of benzene rings is 1. The minimum absolute atomic E-state index is 0. The lowest BCUT2D eigenvalue weighted by Crippen LogP contribution is -2.53. The van der Waals surface area contributed by atoms with Crippen molar-refractivity contribution in [2.75, 3.05) is 13.1 Å². The van der Waals surface area contributed by atoms with Gasteiger partial charge in [-0.05, 0) is 37.9 Å². The fourth-order valence-corrected chi connectivity index (χ4v) is 2.01. The Balaban J connectivity index is 0.00000324. The van der Waals surface area contributed by atoms with E-state index in [9.17, 15) is 4.39 Å². The van der Waals surface area contributed by atoms with E-state index in [4.69, 9.17) is 17.3 Å². The smallest absolute Gasteiger partial charge is 0.127 e. The lowest BCUT2D eigenvalue weighted by atomic mass is 9.88. The maximum Gasteiger partial charge on any atom is 0.127 e. The van der Waals surface area contributed by atoms with Gasteiger partial charge in [-0.2, -0.15) is 0 Å². The molecular weight excluding hydrogens is 286 g/mol. The van der Waals surface area contributed by atoms with Crippen LogP contribution in [0, 0.1) is 11.7 Å². The van der Waals surface area contributed by atoms with Gasteiger partial charge in [-0.15, -0.1) is 12.4 Å². The molecule has 0 amide bonds. The maximum absolute atomic E-state index is 13.6. The molecule has 0 aliphatic rings. The van der Waals surface area contributed by atoms with E-state index >= 15 is 0 Å². The summed E-state index contributed by atoms with van der Waals surface area (Å²) in [4.78, 5) is 0. The molecule has 1 rings (SSSR count). The molecule has 2 nitrogen and oxygen atoms in total. The number of hydrogen-bond acceptors (Lipinski definition) is 2. The van der Waals surface area contributed by atoms with Gasteiger partial charge in [-0.3, -0.25) is 0 Å². The van der Waals surface area contributed by atoms with E-state index in [0.29, 0.717) is 36.0 Å². The van der Waals surface area contributed by atoms with Crippen LogP contribution in [0.25, 0.3) is 0 Å². The molecule has 1 aromatic carbocycles. The lowest BCUT2D eigenvalue weighted by molar-refractivity contribution is 0.271. The van der Waals surface area contributed by atoms with Crippen molar-refractivity contribution >= 4 is 24.0 Å². The van der Waals surface area contributed by atoms with E-state index < -0.39 is 0 Å². The van der Waals surface area contributed by atoms with Crippen LogP contribution in [0.2, 0.25) is 5.02 Å². The molecule has 3 N–H and O–H groups in total.